The fraction of sp³-hybridized carbons (Fsp3) is 0.409. The van der Waals surface area contributed by atoms with Crippen molar-refractivity contribution in [1.82, 2.24) is 10.2 Å². The Hall–Kier alpha value is -2.17. The van der Waals surface area contributed by atoms with E-state index >= 15 is 0 Å². The van der Waals surface area contributed by atoms with Crippen LogP contribution in [0.1, 0.15) is 24.0 Å². The van der Waals surface area contributed by atoms with Gasteiger partial charge in [0, 0.05) is 26.2 Å². The molecule has 1 unspecified atom stereocenters. The molecule has 1 fully saturated rings. The number of rotatable bonds is 9. The fourth-order valence-corrected chi connectivity index (χ4v) is 3.26. The van der Waals surface area contributed by atoms with Gasteiger partial charge in [-0.1, -0.05) is 60.7 Å². The maximum atomic E-state index is 12.8. The second kappa shape index (κ2) is 10.1. The lowest BCUT2D eigenvalue weighted by Crippen LogP contribution is -2.40. The van der Waals surface area contributed by atoms with Crippen molar-refractivity contribution in [2.75, 3.05) is 26.2 Å². The summed E-state index contributed by atoms with van der Waals surface area (Å²) in [6.07, 6.45) is 3.33. The maximum absolute atomic E-state index is 12.8. The van der Waals surface area contributed by atoms with Gasteiger partial charge in [0.25, 0.3) is 0 Å². The molecule has 2 aromatic carbocycles. The van der Waals surface area contributed by atoms with Gasteiger partial charge in [0.2, 0.25) is 5.91 Å². The number of ether oxygens (including phenoxy) is 1. The summed E-state index contributed by atoms with van der Waals surface area (Å²) in [6, 6.07) is 20.5. The molecule has 0 aromatic heterocycles. The van der Waals surface area contributed by atoms with Crippen molar-refractivity contribution < 1.29 is 9.53 Å². The van der Waals surface area contributed by atoms with Crippen LogP contribution in [0, 0.1) is 0 Å². The minimum atomic E-state index is 0.141. The molecule has 1 amide bonds. The Kier molecular flexibility index (Phi) is 7.23. The molecule has 1 aliphatic rings. The topological polar surface area (TPSA) is 41.6 Å². The van der Waals surface area contributed by atoms with Gasteiger partial charge in [-0.3, -0.25) is 4.79 Å². The Morgan fingerprint density at radius 2 is 1.73 bits per heavy atom. The molecule has 0 aliphatic carbocycles. The first kappa shape index (κ1) is 18.6. The molecule has 138 valence electrons. The Labute approximate surface area is 156 Å². The summed E-state index contributed by atoms with van der Waals surface area (Å²) in [5.74, 6) is 0.141. The third kappa shape index (κ3) is 5.97. The van der Waals surface area contributed by atoms with E-state index in [2.05, 4.69) is 29.6 Å². The monoisotopic (exact) mass is 352 g/mol. The number of nitrogens with zero attached hydrogens (tertiary/aromatic N) is 1. The van der Waals surface area contributed by atoms with Crippen LogP contribution >= 0.6 is 0 Å². The number of hydrogen-bond donors (Lipinski definition) is 1. The third-order valence-electron chi connectivity index (χ3n) is 4.75. The van der Waals surface area contributed by atoms with E-state index in [-0.39, 0.29) is 12.0 Å². The lowest BCUT2D eigenvalue weighted by Gasteiger charge is -2.24. The van der Waals surface area contributed by atoms with E-state index in [0.717, 1.165) is 44.5 Å². The van der Waals surface area contributed by atoms with Crippen LogP contribution in [0.3, 0.4) is 0 Å². The molecule has 0 saturated carbocycles. The van der Waals surface area contributed by atoms with Gasteiger partial charge in [-0.15, -0.1) is 0 Å². The average Bonchev–Trinajstić information content (AvgIpc) is 3.20. The van der Waals surface area contributed by atoms with Crippen LogP contribution in [0.2, 0.25) is 0 Å². The van der Waals surface area contributed by atoms with Gasteiger partial charge in [-0.2, -0.15) is 0 Å². The first-order valence-electron chi connectivity index (χ1n) is 9.49. The number of carbonyl (C=O) groups is 1. The van der Waals surface area contributed by atoms with Gasteiger partial charge in [0.1, 0.15) is 0 Å². The molecule has 1 aliphatic heterocycles. The lowest BCUT2D eigenvalue weighted by atomic mass is 10.1. The highest BCUT2D eigenvalue weighted by molar-refractivity contribution is 5.78. The highest BCUT2D eigenvalue weighted by Gasteiger charge is 2.17. The first-order chi connectivity index (χ1) is 12.8. The van der Waals surface area contributed by atoms with Gasteiger partial charge < -0.3 is 15.0 Å². The van der Waals surface area contributed by atoms with E-state index in [1.807, 2.05) is 41.3 Å². The third-order valence-corrected chi connectivity index (χ3v) is 4.75. The molecule has 0 spiro atoms. The number of amides is 1. The van der Waals surface area contributed by atoms with E-state index in [4.69, 9.17) is 4.74 Å². The first-order valence-corrected chi connectivity index (χ1v) is 9.49. The van der Waals surface area contributed by atoms with Crippen molar-refractivity contribution in [2.24, 2.45) is 0 Å². The van der Waals surface area contributed by atoms with Crippen LogP contribution in [0.25, 0.3) is 0 Å². The summed E-state index contributed by atoms with van der Waals surface area (Å²) in [6.45, 7) is 3.33. The standard InChI is InChI=1S/C22H28N2O2/c25-22(17-23-16-21-12-7-15-26-21)24(18-20-10-5-2-6-11-20)14-13-19-8-3-1-4-9-19/h1-6,8-11,21,23H,7,12-18H2. The summed E-state index contributed by atoms with van der Waals surface area (Å²) in [5, 5.41) is 3.28. The normalized spacial score (nSPS) is 16.5. The SMILES string of the molecule is O=C(CNCC1CCCO1)N(CCc1ccccc1)Cc1ccccc1. The number of hydrogen-bond acceptors (Lipinski definition) is 3. The van der Waals surface area contributed by atoms with Gasteiger partial charge >= 0.3 is 0 Å². The summed E-state index contributed by atoms with van der Waals surface area (Å²) >= 11 is 0. The Bertz CT molecular complexity index is 654. The highest BCUT2D eigenvalue weighted by Crippen LogP contribution is 2.11. The zero-order chi connectivity index (χ0) is 18.0. The molecule has 1 atom stereocenters. The second-order valence-corrected chi connectivity index (χ2v) is 6.80. The van der Waals surface area contributed by atoms with E-state index in [1.165, 1.54) is 5.56 Å². The maximum Gasteiger partial charge on any atom is 0.236 e. The second-order valence-electron chi connectivity index (χ2n) is 6.80. The molecule has 1 heterocycles. The van der Waals surface area contributed by atoms with Crippen LogP contribution in [0.5, 0.6) is 0 Å². The van der Waals surface area contributed by atoms with Gasteiger partial charge in [0.05, 0.1) is 12.6 Å². The van der Waals surface area contributed by atoms with E-state index in [9.17, 15) is 4.79 Å². The van der Waals surface area contributed by atoms with Crippen molar-refractivity contribution in [3.05, 3.63) is 71.8 Å². The van der Waals surface area contributed by atoms with E-state index in [0.29, 0.717) is 13.1 Å². The predicted molar refractivity (Wildman–Crippen MR) is 104 cm³/mol. The Balaban J connectivity index is 1.54. The van der Waals surface area contributed by atoms with Crippen LogP contribution < -0.4 is 5.32 Å². The van der Waals surface area contributed by atoms with E-state index < -0.39 is 0 Å². The molecule has 1 N–H and O–H groups in total. The molecular weight excluding hydrogens is 324 g/mol. The quantitative estimate of drug-likeness (QED) is 0.754. The molecule has 0 bridgehead atoms. The molecule has 4 heteroatoms. The highest BCUT2D eigenvalue weighted by atomic mass is 16.5. The number of carbonyl (C=O) groups excluding carboxylic acids is 1. The van der Waals surface area contributed by atoms with Gasteiger partial charge in [-0.25, -0.2) is 0 Å². The lowest BCUT2D eigenvalue weighted by molar-refractivity contribution is -0.130. The smallest absolute Gasteiger partial charge is 0.236 e. The van der Waals surface area contributed by atoms with Gasteiger partial charge in [0.15, 0.2) is 0 Å². The van der Waals surface area contributed by atoms with Crippen molar-refractivity contribution in [2.45, 2.75) is 31.9 Å². The van der Waals surface area contributed by atoms with E-state index in [1.54, 1.807) is 0 Å². The average molecular weight is 352 g/mol. The summed E-state index contributed by atoms with van der Waals surface area (Å²) in [5.41, 5.74) is 2.42. The molecule has 26 heavy (non-hydrogen) atoms. The van der Waals surface area contributed by atoms with Crippen LogP contribution in [0.4, 0.5) is 0 Å². The van der Waals surface area contributed by atoms with Crippen LogP contribution in [0.15, 0.2) is 60.7 Å². The Morgan fingerprint density at radius 3 is 2.38 bits per heavy atom. The Morgan fingerprint density at radius 1 is 1.04 bits per heavy atom. The minimum absolute atomic E-state index is 0.141. The number of benzene rings is 2. The molecule has 4 nitrogen and oxygen atoms in total. The predicted octanol–water partition coefficient (Wildman–Crippen LogP) is 3.03. The van der Waals surface area contributed by atoms with Gasteiger partial charge in [-0.05, 0) is 30.4 Å². The molecule has 2 aromatic rings. The van der Waals surface area contributed by atoms with Crippen molar-refractivity contribution in [1.29, 1.82) is 0 Å². The molecule has 1 saturated heterocycles. The van der Waals surface area contributed by atoms with Crippen LogP contribution in [-0.2, 0) is 22.5 Å². The zero-order valence-electron chi connectivity index (χ0n) is 15.3. The molecule has 3 rings (SSSR count). The minimum Gasteiger partial charge on any atom is -0.377 e. The molecular formula is C22H28N2O2. The van der Waals surface area contributed by atoms with Crippen molar-refractivity contribution in [3.63, 3.8) is 0 Å². The fourth-order valence-electron chi connectivity index (χ4n) is 3.26. The van der Waals surface area contributed by atoms with Crippen molar-refractivity contribution >= 4 is 5.91 Å². The number of nitrogens with one attached hydrogen (secondary N) is 1. The summed E-state index contributed by atoms with van der Waals surface area (Å²) < 4.78 is 5.61. The zero-order valence-corrected chi connectivity index (χ0v) is 15.3. The summed E-state index contributed by atoms with van der Waals surface area (Å²) in [4.78, 5) is 14.7. The largest absolute Gasteiger partial charge is 0.377 e. The molecule has 0 radical (unpaired) electrons. The van der Waals surface area contributed by atoms with Crippen LogP contribution in [-0.4, -0.2) is 43.2 Å². The summed E-state index contributed by atoms with van der Waals surface area (Å²) in [7, 11) is 0. The van der Waals surface area contributed by atoms with Crippen molar-refractivity contribution in [3.8, 4) is 0 Å².